The minimum atomic E-state index is 0.230. The minimum absolute atomic E-state index is 0.230. The second-order valence-corrected chi connectivity index (χ2v) is 3.91. The van der Waals surface area contributed by atoms with Crippen LogP contribution in [0.5, 0.6) is 5.88 Å². The lowest BCUT2D eigenvalue weighted by atomic mass is 10.3. The Kier molecular flexibility index (Phi) is 3.72. The van der Waals surface area contributed by atoms with Crippen molar-refractivity contribution < 1.29 is 4.74 Å². The second-order valence-electron chi connectivity index (χ2n) is 3.05. The van der Waals surface area contributed by atoms with Crippen molar-refractivity contribution in [2.24, 2.45) is 0 Å². The van der Waals surface area contributed by atoms with Gasteiger partial charge in [-0.1, -0.05) is 6.92 Å². The van der Waals surface area contributed by atoms with Crippen LogP contribution in [-0.4, -0.2) is 11.1 Å². The Balaban J connectivity index is 2.73. The first-order chi connectivity index (χ1) is 6.13. The first kappa shape index (κ1) is 10.5. The normalized spacial score (nSPS) is 12.6. The fourth-order valence-electron chi connectivity index (χ4n) is 0.876. The summed E-state index contributed by atoms with van der Waals surface area (Å²) in [6.45, 7) is 6.09. The van der Waals surface area contributed by atoms with Crippen molar-refractivity contribution in [3.8, 4) is 5.88 Å². The van der Waals surface area contributed by atoms with Gasteiger partial charge in [-0.3, -0.25) is 0 Å². The average Bonchev–Trinajstić information content (AvgIpc) is 2.11. The van der Waals surface area contributed by atoms with Crippen LogP contribution in [0.1, 0.15) is 26.0 Å². The van der Waals surface area contributed by atoms with Crippen LogP contribution >= 0.6 is 15.9 Å². The molecule has 0 N–H and O–H groups in total. The van der Waals surface area contributed by atoms with Crippen molar-refractivity contribution >= 4 is 15.9 Å². The number of ether oxygens (including phenoxy) is 1. The highest BCUT2D eigenvalue weighted by Gasteiger charge is 2.03. The van der Waals surface area contributed by atoms with Gasteiger partial charge in [-0.05, 0) is 42.3 Å². The van der Waals surface area contributed by atoms with Gasteiger partial charge in [0.25, 0.3) is 0 Å². The van der Waals surface area contributed by atoms with Gasteiger partial charge in [-0.15, -0.1) is 0 Å². The van der Waals surface area contributed by atoms with E-state index in [4.69, 9.17) is 4.74 Å². The van der Waals surface area contributed by atoms with Crippen molar-refractivity contribution in [3.05, 3.63) is 22.3 Å². The summed E-state index contributed by atoms with van der Waals surface area (Å²) in [6, 6.07) is 3.84. The van der Waals surface area contributed by atoms with E-state index < -0.39 is 0 Å². The maximum Gasteiger partial charge on any atom is 0.213 e. The molecule has 1 heterocycles. The third-order valence-corrected chi connectivity index (χ3v) is 2.73. The van der Waals surface area contributed by atoms with Gasteiger partial charge in [0.15, 0.2) is 0 Å². The summed E-state index contributed by atoms with van der Waals surface area (Å²) in [6.07, 6.45) is 1.23. The van der Waals surface area contributed by atoms with Crippen LogP contribution in [0.3, 0.4) is 0 Å². The fraction of sp³-hybridized carbons (Fsp3) is 0.500. The zero-order valence-electron chi connectivity index (χ0n) is 8.17. The predicted molar refractivity (Wildman–Crippen MR) is 57.1 cm³/mol. The maximum atomic E-state index is 5.57. The zero-order valence-corrected chi connectivity index (χ0v) is 9.76. The Labute approximate surface area is 87.5 Å². The molecule has 0 bridgehead atoms. The summed E-state index contributed by atoms with van der Waals surface area (Å²) in [7, 11) is 0. The van der Waals surface area contributed by atoms with E-state index in [1.165, 1.54) is 0 Å². The van der Waals surface area contributed by atoms with Crippen molar-refractivity contribution in [2.45, 2.75) is 33.3 Å². The van der Waals surface area contributed by atoms with E-state index in [1.807, 2.05) is 26.0 Å². The minimum Gasteiger partial charge on any atom is -0.475 e. The Morgan fingerprint density at radius 3 is 2.77 bits per heavy atom. The first-order valence-corrected chi connectivity index (χ1v) is 5.22. The lowest BCUT2D eigenvalue weighted by Crippen LogP contribution is -2.10. The number of aryl methyl sites for hydroxylation is 1. The van der Waals surface area contributed by atoms with Crippen LogP contribution in [0.25, 0.3) is 0 Å². The molecule has 0 spiro atoms. The van der Waals surface area contributed by atoms with Gasteiger partial charge in [0.1, 0.15) is 0 Å². The van der Waals surface area contributed by atoms with E-state index in [0.717, 1.165) is 16.6 Å². The molecule has 2 nitrogen and oxygen atoms in total. The van der Waals surface area contributed by atoms with Crippen LogP contribution in [0.2, 0.25) is 0 Å². The molecule has 3 heteroatoms. The summed E-state index contributed by atoms with van der Waals surface area (Å²) >= 11 is 3.39. The molecule has 0 fully saturated rings. The lowest BCUT2D eigenvalue weighted by Gasteiger charge is -2.11. The molecule has 1 aromatic rings. The van der Waals surface area contributed by atoms with Crippen molar-refractivity contribution in [3.63, 3.8) is 0 Å². The van der Waals surface area contributed by atoms with Crippen LogP contribution in [-0.2, 0) is 0 Å². The molecule has 1 rings (SSSR count). The summed E-state index contributed by atoms with van der Waals surface area (Å²) < 4.78 is 6.58. The van der Waals surface area contributed by atoms with E-state index in [2.05, 4.69) is 27.8 Å². The predicted octanol–water partition coefficient (Wildman–Crippen LogP) is 3.33. The lowest BCUT2D eigenvalue weighted by molar-refractivity contribution is 0.208. The molecule has 0 amide bonds. The smallest absolute Gasteiger partial charge is 0.213 e. The van der Waals surface area contributed by atoms with Crippen LogP contribution in [0.15, 0.2) is 16.6 Å². The molecule has 0 saturated heterocycles. The summed E-state index contributed by atoms with van der Waals surface area (Å²) in [5, 5.41) is 0. The van der Waals surface area contributed by atoms with Gasteiger partial charge in [-0.2, -0.15) is 0 Å². The van der Waals surface area contributed by atoms with Gasteiger partial charge in [0.2, 0.25) is 5.88 Å². The van der Waals surface area contributed by atoms with Gasteiger partial charge in [0.05, 0.1) is 11.8 Å². The molecular formula is C10H14BrNO. The molecule has 0 radical (unpaired) electrons. The van der Waals surface area contributed by atoms with Gasteiger partial charge >= 0.3 is 0 Å². The Bertz CT molecular complexity index is 288. The molecule has 0 saturated carbocycles. The molecule has 0 aliphatic carbocycles. The monoisotopic (exact) mass is 243 g/mol. The molecule has 13 heavy (non-hydrogen) atoms. The highest BCUT2D eigenvalue weighted by atomic mass is 79.9. The van der Waals surface area contributed by atoms with Crippen molar-refractivity contribution in [1.29, 1.82) is 0 Å². The zero-order chi connectivity index (χ0) is 9.84. The van der Waals surface area contributed by atoms with E-state index in [1.54, 1.807) is 0 Å². The number of hydrogen-bond donors (Lipinski definition) is 0. The highest BCUT2D eigenvalue weighted by Crippen LogP contribution is 2.18. The Hall–Kier alpha value is -0.570. The summed E-state index contributed by atoms with van der Waals surface area (Å²) in [4.78, 5) is 4.29. The molecule has 1 atom stereocenters. The van der Waals surface area contributed by atoms with E-state index in [9.17, 15) is 0 Å². The highest BCUT2D eigenvalue weighted by molar-refractivity contribution is 9.10. The molecule has 0 unspecified atom stereocenters. The van der Waals surface area contributed by atoms with Crippen LogP contribution in [0, 0.1) is 6.92 Å². The third kappa shape index (κ3) is 2.99. The molecule has 72 valence electrons. The topological polar surface area (TPSA) is 22.1 Å². The van der Waals surface area contributed by atoms with Crippen LogP contribution < -0.4 is 4.74 Å². The van der Waals surface area contributed by atoms with Gasteiger partial charge < -0.3 is 4.74 Å². The number of aromatic nitrogens is 1. The summed E-state index contributed by atoms with van der Waals surface area (Å²) in [5.74, 6) is 0.704. The Morgan fingerprint density at radius 2 is 2.23 bits per heavy atom. The first-order valence-electron chi connectivity index (χ1n) is 4.43. The number of halogens is 1. The van der Waals surface area contributed by atoms with Gasteiger partial charge in [0, 0.05) is 10.5 Å². The SMILES string of the molecule is CC[C@H](C)Oc1ccc(Br)c(C)n1. The summed E-state index contributed by atoms with van der Waals surface area (Å²) in [5.41, 5.74) is 0.959. The van der Waals surface area contributed by atoms with Crippen LogP contribution in [0.4, 0.5) is 0 Å². The number of pyridine rings is 1. The molecular weight excluding hydrogens is 230 g/mol. The maximum absolute atomic E-state index is 5.57. The van der Waals surface area contributed by atoms with E-state index in [0.29, 0.717) is 5.88 Å². The van der Waals surface area contributed by atoms with Gasteiger partial charge in [-0.25, -0.2) is 4.98 Å². The second kappa shape index (κ2) is 4.61. The number of nitrogens with zero attached hydrogens (tertiary/aromatic N) is 1. The molecule has 0 aliphatic heterocycles. The quantitative estimate of drug-likeness (QED) is 0.813. The average molecular weight is 244 g/mol. The molecule has 0 aromatic carbocycles. The van der Waals surface area contributed by atoms with Crippen molar-refractivity contribution in [2.75, 3.05) is 0 Å². The number of rotatable bonds is 3. The molecule has 1 aromatic heterocycles. The largest absolute Gasteiger partial charge is 0.475 e. The standard InChI is InChI=1S/C10H14BrNO/c1-4-7(2)13-10-6-5-9(11)8(3)12-10/h5-7H,4H2,1-3H3/t7-/m0/s1. The third-order valence-electron chi connectivity index (χ3n) is 1.89. The van der Waals surface area contributed by atoms with E-state index in [-0.39, 0.29) is 6.10 Å². The Morgan fingerprint density at radius 1 is 1.54 bits per heavy atom. The fourth-order valence-corrected chi connectivity index (χ4v) is 1.10. The number of hydrogen-bond acceptors (Lipinski definition) is 2. The van der Waals surface area contributed by atoms with Crippen molar-refractivity contribution in [1.82, 2.24) is 4.98 Å². The van der Waals surface area contributed by atoms with E-state index >= 15 is 0 Å². The molecule has 0 aliphatic rings.